The summed E-state index contributed by atoms with van der Waals surface area (Å²) in [6, 6.07) is 21.2. The molecule has 1 aliphatic heterocycles. The Labute approximate surface area is 182 Å². The summed E-state index contributed by atoms with van der Waals surface area (Å²) < 4.78 is 39.0. The minimum absolute atomic E-state index is 0.198. The van der Waals surface area contributed by atoms with Crippen LogP contribution in [0.3, 0.4) is 0 Å². The molecule has 1 aliphatic rings. The number of aryl methyl sites for hydroxylation is 1. The van der Waals surface area contributed by atoms with E-state index in [2.05, 4.69) is 5.10 Å². The third-order valence-corrected chi connectivity index (χ3v) is 7.00. The molecule has 1 heterocycles. The molecule has 1 unspecified atom stereocenters. The minimum atomic E-state index is -3.86. The molecule has 160 valence electrons. The summed E-state index contributed by atoms with van der Waals surface area (Å²) in [6.45, 7) is 2.01. The maximum Gasteiger partial charge on any atom is 0.279 e. The van der Waals surface area contributed by atoms with Gasteiger partial charge in [-0.2, -0.15) is 17.9 Å². The lowest BCUT2D eigenvalue weighted by Gasteiger charge is -2.24. The highest BCUT2D eigenvalue weighted by atomic mass is 32.2. The summed E-state index contributed by atoms with van der Waals surface area (Å²) in [4.78, 5) is 0.198. The highest BCUT2D eigenvalue weighted by molar-refractivity contribution is 7.89. The van der Waals surface area contributed by atoms with Gasteiger partial charge in [0.2, 0.25) is 0 Å². The van der Waals surface area contributed by atoms with Gasteiger partial charge in [0, 0.05) is 12.5 Å². The van der Waals surface area contributed by atoms with E-state index >= 15 is 0 Å². The largest absolute Gasteiger partial charge is 0.497 e. The second-order valence-corrected chi connectivity index (χ2v) is 9.16. The fraction of sp³-hybridized carbons (Fsp3) is 0.208. The maximum atomic E-state index is 13.5. The topological polar surface area (TPSA) is 68.2 Å². The maximum absolute atomic E-state index is 13.5. The predicted octanol–water partition coefficient (Wildman–Crippen LogP) is 4.55. The molecule has 3 aromatic carbocycles. The van der Waals surface area contributed by atoms with Crippen molar-refractivity contribution in [2.24, 2.45) is 5.10 Å². The molecule has 0 N–H and O–H groups in total. The quantitative estimate of drug-likeness (QED) is 0.568. The molecular formula is C24H24N2O4S. The van der Waals surface area contributed by atoms with Gasteiger partial charge in [-0.15, -0.1) is 0 Å². The Balaban J connectivity index is 1.83. The number of ether oxygens (including phenoxy) is 2. The van der Waals surface area contributed by atoms with Gasteiger partial charge >= 0.3 is 0 Å². The van der Waals surface area contributed by atoms with Crippen LogP contribution in [-0.4, -0.2) is 32.8 Å². The van der Waals surface area contributed by atoms with Gasteiger partial charge in [-0.3, -0.25) is 0 Å². The van der Waals surface area contributed by atoms with Crippen LogP contribution in [0.1, 0.15) is 29.2 Å². The number of sulfonamides is 1. The van der Waals surface area contributed by atoms with Crippen molar-refractivity contribution in [1.82, 2.24) is 4.41 Å². The van der Waals surface area contributed by atoms with E-state index in [1.54, 1.807) is 50.6 Å². The lowest BCUT2D eigenvalue weighted by atomic mass is 9.98. The van der Waals surface area contributed by atoms with E-state index < -0.39 is 16.1 Å². The number of hydrazone groups is 1. The van der Waals surface area contributed by atoms with E-state index in [0.717, 1.165) is 16.7 Å². The van der Waals surface area contributed by atoms with Gasteiger partial charge in [0.25, 0.3) is 10.0 Å². The lowest BCUT2D eigenvalue weighted by molar-refractivity contribution is 0.362. The molecule has 1 atom stereocenters. The van der Waals surface area contributed by atoms with Crippen LogP contribution in [0.25, 0.3) is 0 Å². The normalized spacial score (nSPS) is 16.2. The van der Waals surface area contributed by atoms with Crippen molar-refractivity contribution in [3.63, 3.8) is 0 Å². The first-order chi connectivity index (χ1) is 14.9. The summed E-state index contributed by atoms with van der Waals surface area (Å²) >= 11 is 0. The molecule has 7 heteroatoms. The van der Waals surface area contributed by atoms with Crippen LogP contribution < -0.4 is 9.47 Å². The van der Waals surface area contributed by atoms with Crippen molar-refractivity contribution in [3.8, 4) is 11.5 Å². The van der Waals surface area contributed by atoms with Crippen molar-refractivity contribution >= 4 is 15.7 Å². The molecule has 0 bridgehead atoms. The third-order valence-electron chi connectivity index (χ3n) is 5.30. The van der Waals surface area contributed by atoms with Crippen LogP contribution in [0.2, 0.25) is 0 Å². The van der Waals surface area contributed by atoms with Crippen molar-refractivity contribution in [2.75, 3.05) is 14.2 Å². The van der Waals surface area contributed by atoms with Crippen molar-refractivity contribution in [3.05, 3.63) is 89.5 Å². The van der Waals surface area contributed by atoms with Crippen molar-refractivity contribution in [2.45, 2.75) is 24.3 Å². The highest BCUT2D eigenvalue weighted by Gasteiger charge is 2.38. The summed E-state index contributed by atoms with van der Waals surface area (Å²) in [5.41, 5.74) is 3.49. The Hall–Kier alpha value is -3.32. The van der Waals surface area contributed by atoms with Gasteiger partial charge in [-0.05, 0) is 42.3 Å². The smallest absolute Gasteiger partial charge is 0.279 e. The number of nitrogens with zero attached hydrogens (tertiary/aromatic N) is 2. The van der Waals surface area contributed by atoms with E-state index in [4.69, 9.17) is 9.47 Å². The van der Waals surface area contributed by atoms with Gasteiger partial charge in [0.1, 0.15) is 11.5 Å². The van der Waals surface area contributed by atoms with Crippen LogP contribution in [0, 0.1) is 6.92 Å². The van der Waals surface area contributed by atoms with Crippen LogP contribution in [0.4, 0.5) is 0 Å². The number of hydrogen-bond acceptors (Lipinski definition) is 5. The third kappa shape index (κ3) is 4.14. The van der Waals surface area contributed by atoms with Crippen LogP contribution in [0.15, 0.2) is 82.8 Å². The SMILES string of the molecule is COc1cc(OC)cc(C2CC(c3ccc(C)cc3)=NN2S(=O)(=O)c2ccccc2)c1. The van der Waals surface area contributed by atoms with Crippen LogP contribution >= 0.6 is 0 Å². The van der Waals surface area contributed by atoms with Crippen molar-refractivity contribution in [1.29, 1.82) is 0 Å². The van der Waals surface area contributed by atoms with E-state index in [-0.39, 0.29) is 4.90 Å². The zero-order chi connectivity index (χ0) is 22.0. The zero-order valence-corrected chi connectivity index (χ0v) is 18.5. The summed E-state index contributed by atoms with van der Waals surface area (Å²) in [7, 11) is -0.721. The molecule has 0 saturated carbocycles. The Morgan fingerprint density at radius 3 is 2.10 bits per heavy atom. The Bertz CT molecular complexity index is 1180. The summed E-state index contributed by atoms with van der Waals surface area (Å²) in [6.07, 6.45) is 0.436. The Morgan fingerprint density at radius 2 is 1.52 bits per heavy atom. The van der Waals surface area contributed by atoms with E-state index in [1.807, 2.05) is 43.3 Å². The number of rotatable bonds is 6. The van der Waals surface area contributed by atoms with Crippen LogP contribution in [0.5, 0.6) is 11.5 Å². The molecule has 0 saturated heterocycles. The molecule has 0 fully saturated rings. The van der Waals surface area contributed by atoms with Gasteiger partial charge in [0.15, 0.2) is 0 Å². The summed E-state index contributed by atoms with van der Waals surface area (Å²) in [5.74, 6) is 1.19. The minimum Gasteiger partial charge on any atom is -0.497 e. The first-order valence-corrected chi connectivity index (χ1v) is 11.3. The molecule has 3 aromatic rings. The standard InChI is InChI=1S/C24H24N2O4S/c1-17-9-11-18(12-10-17)23-16-24(19-13-20(29-2)15-21(14-19)30-3)26(25-23)31(27,28)22-7-5-4-6-8-22/h4-15,24H,16H2,1-3H3. The van der Waals surface area contributed by atoms with Gasteiger partial charge < -0.3 is 9.47 Å². The van der Waals surface area contributed by atoms with E-state index in [1.165, 1.54) is 4.41 Å². The summed E-state index contributed by atoms with van der Waals surface area (Å²) in [5, 5.41) is 4.59. The van der Waals surface area contributed by atoms with Crippen molar-refractivity contribution < 1.29 is 17.9 Å². The predicted molar refractivity (Wildman–Crippen MR) is 120 cm³/mol. The van der Waals surface area contributed by atoms with Gasteiger partial charge in [-0.1, -0.05) is 48.0 Å². The fourth-order valence-electron chi connectivity index (χ4n) is 3.60. The molecular weight excluding hydrogens is 412 g/mol. The second-order valence-electron chi connectivity index (χ2n) is 7.37. The molecule has 0 aliphatic carbocycles. The molecule has 0 radical (unpaired) electrons. The zero-order valence-electron chi connectivity index (χ0n) is 17.6. The molecule has 6 nitrogen and oxygen atoms in total. The average molecular weight is 437 g/mol. The molecule has 0 aromatic heterocycles. The molecule has 0 spiro atoms. The fourth-order valence-corrected chi connectivity index (χ4v) is 5.06. The van der Waals surface area contributed by atoms with Gasteiger partial charge in [0.05, 0.1) is 30.9 Å². The number of benzene rings is 3. The lowest BCUT2D eigenvalue weighted by Crippen LogP contribution is -2.27. The second kappa shape index (κ2) is 8.43. The Morgan fingerprint density at radius 1 is 0.903 bits per heavy atom. The highest BCUT2D eigenvalue weighted by Crippen LogP contribution is 2.39. The number of methoxy groups -OCH3 is 2. The van der Waals surface area contributed by atoms with E-state index in [0.29, 0.717) is 23.6 Å². The molecule has 31 heavy (non-hydrogen) atoms. The molecule has 4 rings (SSSR count). The van der Waals surface area contributed by atoms with Crippen LogP contribution in [-0.2, 0) is 10.0 Å². The first-order valence-electron chi connectivity index (χ1n) is 9.89. The monoisotopic (exact) mass is 436 g/mol. The van der Waals surface area contributed by atoms with Gasteiger partial charge in [-0.25, -0.2) is 0 Å². The number of hydrogen-bond donors (Lipinski definition) is 0. The van der Waals surface area contributed by atoms with E-state index in [9.17, 15) is 8.42 Å². The molecule has 0 amide bonds. The average Bonchev–Trinajstić information content (AvgIpc) is 3.26. The first kappa shape index (κ1) is 20.9. The Kier molecular flexibility index (Phi) is 5.69.